The van der Waals surface area contributed by atoms with Gasteiger partial charge in [-0.2, -0.15) is 0 Å². The van der Waals surface area contributed by atoms with Crippen molar-refractivity contribution >= 4 is 33.2 Å². The fourth-order valence-electron chi connectivity index (χ4n) is 2.32. The quantitative estimate of drug-likeness (QED) is 0.677. The minimum atomic E-state index is -0.557. The normalized spacial score (nSPS) is 12.7. The summed E-state index contributed by atoms with van der Waals surface area (Å²) in [4.78, 5) is 1.25. The summed E-state index contributed by atoms with van der Waals surface area (Å²) in [6.45, 7) is 2.14. The van der Waals surface area contributed by atoms with Crippen LogP contribution in [0.15, 0.2) is 58.8 Å². The Labute approximate surface area is 127 Å². The standard InChI is InChI=1S/C17H16OS2/c1-2-19-14-8-6-12(7-9-14)16(18)15-5-3-4-13-10-11-20-17(13)15/h3-11,16,18H,2H2,1H3. The molecule has 1 aromatic heterocycles. The van der Waals surface area contributed by atoms with Gasteiger partial charge in [0.15, 0.2) is 0 Å². The fraction of sp³-hybridized carbons (Fsp3) is 0.176. The summed E-state index contributed by atoms with van der Waals surface area (Å²) in [7, 11) is 0. The Morgan fingerprint density at radius 3 is 2.65 bits per heavy atom. The van der Waals surface area contributed by atoms with Gasteiger partial charge in [-0.1, -0.05) is 37.3 Å². The molecule has 0 bridgehead atoms. The molecule has 1 unspecified atom stereocenters. The van der Waals surface area contributed by atoms with Crippen molar-refractivity contribution in [2.75, 3.05) is 5.75 Å². The molecule has 1 heterocycles. The summed E-state index contributed by atoms with van der Waals surface area (Å²) >= 11 is 3.50. The lowest BCUT2D eigenvalue weighted by molar-refractivity contribution is 0.222. The van der Waals surface area contributed by atoms with E-state index in [0.29, 0.717) is 0 Å². The van der Waals surface area contributed by atoms with Gasteiger partial charge in [-0.25, -0.2) is 0 Å². The summed E-state index contributed by atoms with van der Waals surface area (Å²) < 4.78 is 1.17. The Bertz CT molecular complexity index is 700. The first-order valence-corrected chi connectivity index (χ1v) is 8.53. The van der Waals surface area contributed by atoms with E-state index < -0.39 is 6.10 Å². The molecule has 3 aromatic rings. The Morgan fingerprint density at radius 1 is 1.10 bits per heavy atom. The summed E-state index contributed by atoms with van der Waals surface area (Å²) in [6.07, 6.45) is -0.557. The highest BCUT2D eigenvalue weighted by Gasteiger charge is 2.14. The van der Waals surface area contributed by atoms with Crippen LogP contribution in [0.3, 0.4) is 0 Å². The van der Waals surface area contributed by atoms with Crippen molar-refractivity contribution in [3.63, 3.8) is 0 Å². The number of aliphatic hydroxyl groups excluding tert-OH is 1. The Morgan fingerprint density at radius 2 is 1.90 bits per heavy atom. The van der Waals surface area contributed by atoms with Crippen LogP contribution in [0, 0.1) is 0 Å². The van der Waals surface area contributed by atoms with Crippen molar-refractivity contribution in [3.05, 3.63) is 65.0 Å². The lowest BCUT2D eigenvalue weighted by atomic mass is 10.0. The molecule has 3 rings (SSSR count). The average Bonchev–Trinajstić information content (AvgIpc) is 2.96. The molecule has 0 aliphatic rings. The number of fused-ring (bicyclic) bond motifs is 1. The molecule has 3 heteroatoms. The molecule has 0 amide bonds. The first-order valence-electron chi connectivity index (χ1n) is 6.66. The molecule has 20 heavy (non-hydrogen) atoms. The fourth-order valence-corrected chi connectivity index (χ4v) is 3.92. The van der Waals surface area contributed by atoms with Crippen LogP contribution < -0.4 is 0 Å². The van der Waals surface area contributed by atoms with Crippen LogP contribution in [0.2, 0.25) is 0 Å². The summed E-state index contributed by atoms with van der Waals surface area (Å²) in [5.41, 5.74) is 1.94. The first-order chi connectivity index (χ1) is 9.79. The summed E-state index contributed by atoms with van der Waals surface area (Å²) in [6, 6.07) is 16.4. The lowest BCUT2D eigenvalue weighted by Crippen LogP contribution is -1.99. The molecule has 0 aliphatic heterocycles. The highest BCUT2D eigenvalue weighted by molar-refractivity contribution is 7.99. The van der Waals surface area contributed by atoms with Gasteiger partial charge in [-0.15, -0.1) is 23.1 Å². The van der Waals surface area contributed by atoms with Crippen LogP contribution in [0.25, 0.3) is 10.1 Å². The van der Waals surface area contributed by atoms with E-state index in [9.17, 15) is 5.11 Å². The molecule has 0 spiro atoms. The molecule has 0 saturated heterocycles. The van der Waals surface area contributed by atoms with Crippen molar-refractivity contribution < 1.29 is 5.11 Å². The van der Waals surface area contributed by atoms with Gasteiger partial charge in [0.2, 0.25) is 0 Å². The molecule has 1 nitrogen and oxygen atoms in total. The van der Waals surface area contributed by atoms with Crippen molar-refractivity contribution in [1.29, 1.82) is 0 Å². The minimum Gasteiger partial charge on any atom is -0.384 e. The van der Waals surface area contributed by atoms with Gasteiger partial charge in [-0.3, -0.25) is 0 Å². The van der Waals surface area contributed by atoms with Crippen LogP contribution in [0.4, 0.5) is 0 Å². The van der Waals surface area contributed by atoms with Crippen molar-refractivity contribution in [1.82, 2.24) is 0 Å². The maximum absolute atomic E-state index is 10.6. The second kappa shape index (κ2) is 6.00. The zero-order valence-electron chi connectivity index (χ0n) is 11.2. The Kier molecular flexibility index (Phi) is 4.10. The summed E-state index contributed by atoms with van der Waals surface area (Å²) in [5.74, 6) is 1.07. The molecule has 0 saturated carbocycles. The SMILES string of the molecule is CCSc1ccc(C(O)c2cccc3ccsc23)cc1. The number of hydrogen-bond donors (Lipinski definition) is 1. The summed E-state index contributed by atoms with van der Waals surface area (Å²) in [5, 5.41) is 13.9. The molecule has 2 aromatic carbocycles. The van der Waals surface area contributed by atoms with Gasteiger partial charge >= 0.3 is 0 Å². The third-order valence-electron chi connectivity index (χ3n) is 3.31. The van der Waals surface area contributed by atoms with Crippen LogP contribution >= 0.6 is 23.1 Å². The Balaban J connectivity index is 1.95. The first kappa shape index (κ1) is 13.7. The zero-order chi connectivity index (χ0) is 13.9. The maximum atomic E-state index is 10.6. The number of hydrogen-bond acceptors (Lipinski definition) is 3. The van der Waals surface area contributed by atoms with Crippen molar-refractivity contribution in [2.45, 2.75) is 17.9 Å². The molecule has 0 fully saturated rings. The van der Waals surface area contributed by atoms with E-state index >= 15 is 0 Å². The molecule has 1 atom stereocenters. The van der Waals surface area contributed by atoms with E-state index in [-0.39, 0.29) is 0 Å². The number of rotatable bonds is 4. The number of benzene rings is 2. The maximum Gasteiger partial charge on any atom is 0.105 e. The smallest absolute Gasteiger partial charge is 0.105 e. The number of aliphatic hydroxyl groups is 1. The van der Waals surface area contributed by atoms with E-state index in [1.807, 2.05) is 36.0 Å². The largest absolute Gasteiger partial charge is 0.384 e. The van der Waals surface area contributed by atoms with Gasteiger partial charge in [0.25, 0.3) is 0 Å². The van der Waals surface area contributed by atoms with Gasteiger partial charge in [0.1, 0.15) is 6.10 Å². The third-order valence-corrected chi connectivity index (χ3v) is 5.18. The molecule has 102 valence electrons. The van der Waals surface area contributed by atoms with Crippen LogP contribution in [0.1, 0.15) is 24.2 Å². The molecule has 0 radical (unpaired) electrons. The topological polar surface area (TPSA) is 20.2 Å². The second-order valence-corrected chi connectivity index (χ2v) is 6.84. The van der Waals surface area contributed by atoms with E-state index in [4.69, 9.17) is 0 Å². The highest BCUT2D eigenvalue weighted by atomic mass is 32.2. The van der Waals surface area contributed by atoms with Gasteiger partial charge in [-0.05, 0) is 40.3 Å². The molecular weight excluding hydrogens is 284 g/mol. The monoisotopic (exact) mass is 300 g/mol. The van der Waals surface area contributed by atoms with Crippen LogP contribution in [-0.4, -0.2) is 10.9 Å². The van der Waals surface area contributed by atoms with Crippen molar-refractivity contribution in [3.8, 4) is 0 Å². The third kappa shape index (κ3) is 2.62. The molecular formula is C17H16OS2. The van der Waals surface area contributed by atoms with Crippen LogP contribution in [0.5, 0.6) is 0 Å². The number of thioether (sulfide) groups is 1. The van der Waals surface area contributed by atoms with Crippen LogP contribution in [-0.2, 0) is 0 Å². The second-order valence-electron chi connectivity index (χ2n) is 4.59. The average molecular weight is 300 g/mol. The lowest BCUT2D eigenvalue weighted by Gasteiger charge is -2.13. The number of thiophene rings is 1. The van der Waals surface area contributed by atoms with E-state index in [1.165, 1.54) is 15.0 Å². The van der Waals surface area contributed by atoms with Crippen molar-refractivity contribution in [2.24, 2.45) is 0 Å². The Hall–Kier alpha value is -1.29. The zero-order valence-corrected chi connectivity index (χ0v) is 12.9. The molecule has 0 aliphatic carbocycles. The minimum absolute atomic E-state index is 0.557. The van der Waals surface area contributed by atoms with Gasteiger partial charge in [0.05, 0.1) is 0 Å². The van der Waals surface area contributed by atoms with Gasteiger partial charge in [0, 0.05) is 15.2 Å². The predicted octanol–water partition coefficient (Wildman–Crippen LogP) is 5.10. The van der Waals surface area contributed by atoms with Gasteiger partial charge < -0.3 is 5.11 Å². The van der Waals surface area contributed by atoms with E-state index in [1.54, 1.807) is 11.3 Å². The predicted molar refractivity (Wildman–Crippen MR) is 88.7 cm³/mol. The highest BCUT2D eigenvalue weighted by Crippen LogP contribution is 2.32. The molecule has 1 N–H and O–H groups in total. The van der Waals surface area contributed by atoms with E-state index in [2.05, 4.69) is 36.6 Å². The van der Waals surface area contributed by atoms with E-state index in [0.717, 1.165) is 16.9 Å².